The van der Waals surface area contributed by atoms with Gasteiger partial charge < -0.3 is 11.1 Å². The van der Waals surface area contributed by atoms with Crippen molar-refractivity contribution in [2.24, 2.45) is 5.73 Å². The number of carbonyl (C=O) groups is 1. The van der Waals surface area contributed by atoms with Crippen LogP contribution in [0.1, 0.15) is 34.5 Å². The van der Waals surface area contributed by atoms with Gasteiger partial charge in [0, 0.05) is 27.9 Å². The van der Waals surface area contributed by atoms with E-state index in [9.17, 15) is 9.18 Å². The standard InChI is InChI=1S/C16H16ClFN2O/c1-9-14(18)7-12(16(19)21)8-15(9)20-10(2)11-4-3-5-13(17)6-11/h3-8,10,20H,1-2H3,(H2,19,21). The molecule has 0 aliphatic carbocycles. The first-order valence-corrected chi connectivity index (χ1v) is 6.88. The third kappa shape index (κ3) is 3.52. The molecule has 5 heteroatoms. The molecule has 1 unspecified atom stereocenters. The molecule has 0 aromatic heterocycles. The number of benzene rings is 2. The van der Waals surface area contributed by atoms with E-state index in [2.05, 4.69) is 5.32 Å². The smallest absolute Gasteiger partial charge is 0.248 e. The van der Waals surface area contributed by atoms with Crippen LogP contribution >= 0.6 is 11.6 Å². The third-order valence-electron chi connectivity index (χ3n) is 3.35. The highest BCUT2D eigenvalue weighted by atomic mass is 35.5. The number of primary amides is 1. The zero-order valence-corrected chi connectivity index (χ0v) is 12.5. The van der Waals surface area contributed by atoms with Gasteiger partial charge in [-0.3, -0.25) is 4.79 Å². The molecule has 2 rings (SSSR count). The summed E-state index contributed by atoms with van der Waals surface area (Å²) in [7, 11) is 0. The summed E-state index contributed by atoms with van der Waals surface area (Å²) < 4.78 is 13.8. The molecule has 2 aromatic carbocycles. The van der Waals surface area contributed by atoms with E-state index in [1.807, 2.05) is 25.1 Å². The molecule has 0 heterocycles. The Labute approximate surface area is 127 Å². The maximum Gasteiger partial charge on any atom is 0.248 e. The van der Waals surface area contributed by atoms with Crippen molar-refractivity contribution in [1.29, 1.82) is 0 Å². The first kappa shape index (κ1) is 15.3. The summed E-state index contributed by atoms with van der Waals surface area (Å²) in [6.07, 6.45) is 0. The van der Waals surface area contributed by atoms with Crippen LogP contribution in [0.3, 0.4) is 0 Å². The lowest BCUT2D eigenvalue weighted by Crippen LogP contribution is -2.14. The number of nitrogens with one attached hydrogen (secondary N) is 1. The number of hydrogen-bond acceptors (Lipinski definition) is 2. The van der Waals surface area contributed by atoms with Crippen molar-refractivity contribution < 1.29 is 9.18 Å². The van der Waals surface area contributed by atoms with Crippen LogP contribution < -0.4 is 11.1 Å². The van der Waals surface area contributed by atoms with Crippen LogP contribution in [0.4, 0.5) is 10.1 Å². The molecule has 3 nitrogen and oxygen atoms in total. The first-order chi connectivity index (χ1) is 9.88. The van der Waals surface area contributed by atoms with Crippen molar-refractivity contribution in [3.63, 3.8) is 0 Å². The topological polar surface area (TPSA) is 55.1 Å². The molecule has 0 spiro atoms. The summed E-state index contributed by atoms with van der Waals surface area (Å²) in [6, 6.07) is 10.0. The normalized spacial score (nSPS) is 12.0. The van der Waals surface area contributed by atoms with Crippen LogP contribution in [-0.4, -0.2) is 5.91 Å². The molecule has 0 fully saturated rings. The predicted octanol–water partition coefficient (Wildman–Crippen LogP) is 4.06. The van der Waals surface area contributed by atoms with Crippen molar-refractivity contribution in [3.8, 4) is 0 Å². The molecule has 0 aliphatic rings. The minimum Gasteiger partial charge on any atom is -0.378 e. The molecule has 1 atom stereocenters. The Morgan fingerprint density at radius 3 is 2.67 bits per heavy atom. The Morgan fingerprint density at radius 2 is 2.05 bits per heavy atom. The fourth-order valence-corrected chi connectivity index (χ4v) is 2.26. The summed E-state index contributed by atoms with van der Waals surface area (Å²) in [5.41, 5.74) is 7.29. The van der Waals surface area contributed by atoms with E-state index in [-0.39, 0.29) is 11.6 Å². The van der Waals surface area contributed by atoms with Gasteiger partial charge in [0.05, 0.1) is 0 Å². The lowest BCUT2D eigenvalue weighted by atomic mass is 10.1. The Kier molecular flexibility index (Phi) is 4.48. The van der Waals surface area contributed by atoms with E-state index >= 15 is 0 Å². The molecule has 2 aromatic rings. The van der Waals surface area contributed by atoms with Crippen LogP contribution in [0.2, 0.25) is 5.02 Å². The Hall–Kier alpha value is -2.07. The van der Waals surface area contributed by atoms with E-state index in [1.54, 1.807) is 19.1 Å². The molecule has 3 N–H and O–H groups in total. The maximum absolute atomic E-state index is 13.8. The highest BCUT2D eigenvalue weighted by molar-refractivity contribution is 6.30. The molecule has 110 valence electrons. The maximum atomic E-state index is 13.8. The fraction of sp³-hybridized carbons (Fsp3) is 0.188. The number of rotatable bonds is 4. The lowest BCUT2D eigenvalue weighted by Gasteiger charge is -2.18. The number of halogens is 2. The van der Waals surface area contributed by atoms with E-state index in [0.29, 0.717) is 16.3 Å². The second-order valence-electron chi connectivity index (χ2n) is 4.92. The molecule has 0 bridgehead atoms. The quantitative estimate of drug-likeness (QED) is 0.895. The van der Waals surface area contributed by atoms with E-state index in [0.717, 1.165) is 11.6 Å². The average molecular weight is 307 g/mol. The number of nitrogens with two attached hydrogens (primary N) is 1. The zero-order valence-electron chi connectivity index (χ0n) is 11.8. The van der Waals surface area contributed by atoms with Gasteiger partial charge in [-0.1, -0.05) is 23.7 Å². The summed E-state index contributed by atoms with van der Waals surface area (Å²) in [4.78, 5) is 11.2. The zero-order chi connectivity index (χ0) is 15.6. The van der Waals surface area contributed by atoms with Crippen molar-refractivity contribution in [2.45, 2.75) is 19.9 Å². The molecule has 0 saturated heterocycles. The highest BCUT2D eigenvalue weighted by Gasteiger charge is 2.13. The molecular weight excluding hydrogens is 291 g/mol. The number of amides is 1. The van der Waals surface area contributed by atoms with Gasteiger partial charge in [0.2, 0.25) is 5.91 Å². The Bertz CT molecular complexity index is 688. The van der Waals surface area contributed by atoms with Gasteiger partial charge in [-0.25, -0.2) is 4.39 Å². The summed E-state index contributed by atoms with van der Waals surface area (Å²) >= 11 is 5.97. The predicted molar refractivity (Wildman–Crippen MR) is 83.1 cm³/mol. The summed E-state index contributed by atoms with van der Waals surface area (Å²) in [5.74, 6) is -1.13. The van der Waals surface area contributed by atoms with Crippen molar-refractivity contribution >= 4 is 23.2 Å². The molecule has 1 amide bonds. The monoisotopic (exact) mass is 306 g/mol. The van der Waals surface area contributed by atoms with Crippen LogP contribution in [-0.2, 0) is 0 Å². The van der Waals surface area contributed by atoms with Crippen LogP contribution in [0.25, 0.3) is 0 Å². The van der Waals surface area contributed by atoms with Gasteiger partial charge in [-0.05, 0) is 43.7 Å². The summed E-state index contributed by atoms with van der Waals surface area (Å²) in [5, 5.41) is 3.82. The van der Waals surface area contributed by atoms with Crippen molar-refractivity contribution in [3.05, 3.63) is 63.9 Å². The molecule has 0 saturated carbocycles. The second-order valence-corrected chi connectivity index (χ2v) is 5.35. The van der Waals surface area contributed by atoms with Crippen molar-refractivity contribution in [1.82, 2.24) is 0 Å². The van der Waals surface area contributed by atoms with E-state index < -0.39 is 11.7 Å². The lowest BCUT2D eigenvalue weighted by molar-refractivity contribution is 0.1000. The Morgan fingerprint density at radius 1 is 1.33 bits per heavy atom. The van der Waals surface area contributed by atoms with Gasteiger partial charge in [0.15, 0.2) is 0 Å². The van der Waals surface area contributed by atoms with Gasteiger partial charge in [-0.15, -0.1) is 0 Å². The van der Waals surface area contributed by atoms with E-state index in [4.69, 9.17) is 17.3 Å². The van der Waals surface area contributed by atoms with Crippen LogP contribution in [0.15, 0.2) is 36.4 Å². The number of anilines is 1. The third-order valence-corrected chi connectivity index (χ3v) is 3.58. The van der Waals surface area contributed by atoms with Crippen LogP contribution in [0, 0.1) is 12.7 Å². The minimum absolute atomic E-state index is 0.0927. The van der Waals surface area contributed by atoms with E-state index in [1.165, 1.54) is 0 Å². The number of hydrogen-bond donors (Lipinski definition) is 2. The van der Waals surface area contributed by atoms with Gasteiger partial charge in [0.1, 0.15) is 5.82 Å². The molecule has 0 aliphatic heterocycles. The average Bonchev–Trinajstić information content (AvgIpc) is 2.43. The van der Waals surface area contributed by atoms with Gasteiger partial charge in [0.25, 0.3) is 0 Å². The molecule has 0 radical (unpaired) electrons. The van der Waals surface area contributed by atoms with Crippen molar-refractivity contribution in [2.75, 3.05) is 5.32 Å². The molecule has 21 heavy (non-hydrogen) atoms. The SMILES string of the molecule is Cc1c(F)cc(C(N)=O)cc1NC(C)c1cccc(Cl)c1. The second kappa shape index (κ2) is 6.14. The summed E-state index contributed by atoms with van der Waals surface area (Å²) in [6.45, 7) is 3.58. The number of carbonyl (C=O) groups excluding carboxylic acids is 1. The fourth-order valence-electron chi connectivity index (χ4n) is 2.06. The first-order valence-electron chi connectivity index (χ1n) is 6.50. The Balaban J connectivity index is 2.32. The van der Waals surface area contributed by atoms with Gasteiger partial charge in [-0.2, -0.15) is 0 Å². The van der Waals surface area contributed by atoms with Gasteiger partial charge >= 0.3 is 0 Å². The minimum atomic E-state index is -0.660. The largest absolute Gasteiger partial charge is 0.378 e. The van der Waals surface area contributed by atoms with Crippen LogP contribution in [0.5, 0.6) is 0 Å². The molecular formula is C16H16ClFN2O. The highest BCUT2D eigenvalue weighted by Crippen LogP contribution is 2.26.